The third kappa shape index (κ3) is 3.20. The number of nitrogens with zero attached hydrogens (tertiary/aromatic N) is 1. The number of carbonyl (C=O) groups excluding carboxylic acids is 1. The topological polar surface area (TPSA) is 63.2 Å². The molecule has 1 unspecified atom stereocenters. The van der Waals surface area contributed by atoms with Gasteiger partial charge in [0.1, 0.15) is 5.56 Å². The van der Waals surface area contributed by atoms with Gasteiger partial charge in [-0.05, 0) is 37.9 Å². The Balaban J connectivity index is 1.83. The van der Waals surface area contributed by atoms with Crippen LogP contribution in [0.15, 0.2) is 18.3 Å². The maximum absolute atomic E-state index is 11.9. The first-order valence-electron chi connectivity index (χ1n) is 6.32. The summed E-state index contributed by atoms with van der Waals surface area (Å²) < 4.78 is 5.06. The van der Waals surface area contributed by atoms with Gasteiger partial charge in [0.2, 0.25) is 5.88 Å². The molecular formula is C13H19N3O2. The van der Waals surface area contributed by atoms with Gasteiger partial charge in [-0.25, -0.2) is 4.98 Å². The number of hydrogen-bond acceptors (Lipinski definition) is 4. The van der Waals surface area contributed by atoms with Crippen molar-refractivity contribution in [3.8, 4) is 5.88 Å². The Morgan fingerprint density at radius 3 is 3.28 bits per heavy atom. The summed E-state index contributed by atoms with van der Waals surface area (Å²) in [5.41, 5.74) is 0.486. The van der Waals surface area contributed by atoms with Crippen LogP contribution in [-0.2, 0) is 0 Å². The van der Waals surface area contributed by atoms with Crippen LogP contribution in [0.1, 0.15) is 29.6 Å². The van der Waals surface area contributed by atoms with Crippen molar-refractivity contribution in [1.29, 1.82) is 0 Å². The van der Waals surface area contributed by atoms with Gasteiger partial charge < -0.3 is 15.4 Å². The number of methoxy groups -OCH3 is 1. The van der Waals surface area contributed by atoms with Crippen molar-refractivity contribution in [2.24, 2.45) is 0 Å². The Bertz CT molecular complexity index is 403. The van der Waals surface area contributed by atoms with Gasteiger partial charge >= 0.3 is 0 Å². The van der Waals surface area contributed by atoms with Crippen molar-refractivity contribution >= 4 is 5.91 Å². The van der Waals surface area contributed by atoms with E-state index in [4.69, 9.17) is 4.74 Å². The van der Waals surface area contributed by atoms with Crippen LogP contribution in [-0.4, -0.2) is 37.1 Å². The molecule has 1 aromatic rings. The van der Waals surface area contributed by atoms with Crippen molar-refractivity contribution < 1.29 is 9.53 Å². The second kappa shape index (κ2) is 6.35. The highest BCUT2D eigenvalue weighted by molar-refractivity contribution is 5.96. The molecule has 0 bridgehead atoms. The van der Waals surface area contributed by atoms with Crippen molar-refractivity contribution in [1.82, 2.24) is 15.6 Å². The van der Waals surface area contributed by atoms with E-state index >= 15 is 0 Å². The molecule has 0 aliphatic carbocycles. The molecule has 2 N–H and O–H groups in total. The number of aromatic nitrogens is 1. The van der Waals surface area contributed by atoms with Crippen LogP contribution in [0.5, 0.6) is 5.88 Å². The van der Waals surface area contributed by atoms with Crippen molar-refractivity contribution in [2.45, 2.75) is 25.3 Å². The van der Waals surface area contributed by atoms with Gasteiger partial charge in [-0.3, -0.25) is 4.79 Å². The van der Waals surface area contributed by atoms with Crippen LogP contribution in [0, 0.1) is 0 Å². The molecule has 5 nitrogen and oxygen atoms in total. The number of carbonyl (C=O) groups is 1. The summed E-state index contributed by atoms with van der Waals surface area (Å²) in [7, 11) is 1.52. The second-order valence-corrected chi connectivity index (χ2v) is 4.40. The Hall–Kier alpha value is -1.62. The van der Waals surface area contributed by atoms with Crippen molar-refractivity contribution in [3.05, 3.63) is 23.9 Å². The summed E-state index contributed by atoms with van der Waals surface area (Å²) in [5.74, 6) is 0.243. The molecule has 1 fully saturated rings. The van der Waals surface area contributed by atoms with E-state index in [2.05, 4.69) is 15.6 Å². The minimum atomic E-state index is -0.127. The highest BCUT2D eigenvalue weighted by Gasteiger charge is 2.15. The molecule has 1 saturated heterocycles. The maximum Gasteiger partial charge on any atom is 0.256 e. The maximum atomic E-state index is 11.9. The summed E-state index contributed by atoms with van der Waals surface area (Å²) in [6.45, 7) is 1.77. The molecule has 2 rings (SSSR count). The monoisotopic (exact) mass is 249 g/mol. The number of amides is 1. The van der Waals surface area contributed by atoms with E-state index in [1.807, 2.05) is 0 Å². The fourth-order valence-electron chi connectivity index (χ4n) is 2.18. The van der Waals surface area contributed by atoms with E-state index in [-0.39, 0.29) is 5.91 Å². The normalized spacial score (nSPS) is 18.6. The molecule has 1 aromatic heterocycles. The van der Waals surface area contributed by atoms with Crippen molar-refractivity contribution in [2.75, 3.05) is 20.2 Å². The standard InChI is InChI=1S/C13H19N3O2/c1-18-13-11(5-3-8-16-13)12(17)15-9-6-10-4-2-7-14-10/h3,5,8,10,14H,2,4,6-7,9H2,1H3,(H,15,17). The van der Waals surface area contributed by atoms with Crippen LogP contribution < -0.4 is 15.4 Å². The van der Waals surface area contributed by atoms with E-state index in [0.717, 1.165) is 13.0 Å². The Morgan fingerprint density at radius 1 is 1.67 bits per heavy atom. The molecule has 2 heterocycles. The molecule has 1 aliphatic rings. The lowest BCUT2D eigenvalue weighted by atomic mass is 10.1. The molecule has 1 atom stereocenters. The van der Waals surface area contributed by atoms with E-state index < -0.39 is 0 Å². The quantitative estimate of drug-likeness (QED) is 0.816. The minimum Gasteiger partial charge on any atom is -0.480 e. The highest BCUT2D eigenvalue weighted by Crippen LogP contribution is 2.13. The molecule has 0 spiro atoms. The number of ether oxygens (including phenoxy) is 1. The van der Waals surface area contributed by atoms with Crippen LogP contribution >= 0.6 is 0 Å². The van der Waals surface area contributed by atoms with Crippen LogP contribution in [0.4, 0.5) is 0 Å². The molecule has 98 valence electrons. The Morgan fingerprint density at radius 2 is 2.56 bits per heavy atom. The zero-order valence-corrected chi connectivity index (χ0v) is 10.6. The summed E-state index contributed by atoms with van der Waals surface area (Å²) in [5, 5.41) is 6.31. The summed E-state index contributed by atoms with van der Waals surface area (Å²) in [6, 6.07) is 3.99. The largest absolute Gasteiger partial charge is 0.480 e. The minimum absolute atomic E-state index is 0.127. The molecule has 0 aromatic carbocycles. The molecule has 18 heavy (non-hydrogen) atoms. The molecule has 1 amide bonds. The predicted octanol–water partition coefficient (Wildman–Crippen LogP) is 0.962. The van der Waals surface area contributed by atoms with Gasteiger partial charge in [0.05, 0.1) is 7.11 Å². The van der Waals surface area contributed by atoms with Gasteiger partial charge in [0.25, 0.3) is 5.91 Å². The zero-order valence-electron chi connectivity index (χ0n) is 10.6. The number of pyridine rings is 1. The Kier molecular flexibility index (Phi) is 4.52. The molecule has 1 aliphatic heterocycles. The van der Waals surface area contributed by atoms with Gasteiger partial charge in [0.15, 0.2) is 0 Å². The van der Waals surface area contributed by atoms with E-state index in [9.17, 15) is 4.79 Å². The first kappa shape index (κ1) is 12.8. The summed E-state index contributed by atoms with van der Waals surface area (Å²) in [6.07, 6.45) is 5.01. The summed E-state index contributed by atoms with van der Waals surface area (Å²) >= 11 is 0. The van der Waals surface area contributed by atoms with E-state index in [1.165, 1.54) is 20.0 Å². The van der Waals surface area contributed by atoms with E-state index in [1.54, 1.807) is 18.3 Å². The Labute approximate surface area is 107 Å². The smallest absolute Gasteiger partial charge is 0.256 e. The SMILES string of the molecule is COc1ncccc1C(=O)NCCC1CCCN1. The van der Waals surface area contributed by atoms with Gasteiger partial charge in [-0.1, -0.05) is 0 Å². The average Bonchev–Trinajstić information content (AvgIpc) is 2.91. The number of rotatable bonds is 5. The molecule has 5 heteroatoms. The third-order valence-corrected chi connectivity index (χ3v) is 3.15. The first-order chi connectivity index (χ1) is 8.81. The van der Waals surface area contributed by atoms with Gasteiger partial charge in [-0.2, -0.15) is 0 Å². The van der Waals surface area contributed by atoms with Gasteiger partial charge in [-0.15, -0.1) is 0 Å². The molecule has 0 radical (unpaired) electrons. The van der Waals surface area contributed by atoms with E-state index in [0.29, 0.717) is 24.0 Å². The lowest BCUT2D eigenvalue weighted by Crippen LogP contribution is -2.30. The first-order valence-corrected chi connectivity index (χ1v) is 6.32. The molecule has 0 saturated carbocycles. The second-order valence-electron chi connectivity index (χ2n) is 4.40. The van der Waals surface area contributed by atoms with Crippen LogP contribution in [0.25, 0.3) is 0 Å². The zero-order chi connectivity index (χ0) is 12.8. The number of nitrogens with one attached hydrogen (secondary N) is 2. The number of hydrogen-bond donors (Lipinski definition) is 2. The lowest BCUT2D eigenvalue weighted by Gasteiger charge is -2.11. The molecular weight excluding hydrogens is 230 g/mol. The third-order valence-electron chi connectivity index (χ3n) is 3.15. The highest BCUT2D eigenvalue weighted by atomic mass is 16.5. The average molecular weight is 249 g/mol. The van der Waals surface area contributed by atoms with Crippen LogP contribution in [0.2, 0.25) is 0 Å². The lowest BCUT2D eigenvalue weighted by molar-refractivity contribution is 0.0948. The fraction of sp³-hybridized carbons (Fsp3) is 0.538. The van der Waals surface area contributed by atoms with Crippen molar-refractivity contribution in [3.63, 3.8) is 0 Å². The van der Waals surface area contributed by atoms with Crippen LogP contribution in [0.3, 0.4) is 0 Å². The fourth-order valence-corrected chi connectivity index (χ4v) is 2.18. The summed E-state index contributed by atoms with van der Waals surface area (Å²) in [4.78, 5) is 16.0. The predicted molar refractivity (Wildman–Crippen MR) is 68.8 cm³/mol. The van der Waals surface area contributed by atoms with Gasteiger partial charge in [0, 0.05) is 18.8 Å².